The molecule has 2 nitrogen and oxygen atoms in total. The Morgan fingerprint density at radius 1 is 1.22 bits per heavy atom. The number of hydrogen-bond donors (Lipinski definition) is 2. The molecule has 2 N–H and O–H groups in total. The van der Waals surface area contributed by atoms with Crippen LogP contribution in [0.2, 0.25) is 0 Å². The highest BCUT2D eigenvalue weighted by Gasteiger charge is 2.29. The predicted molar refractivity (Wildman–Crippen MR) is 59.5 cm³/mol. The predicted octanol–water partition coefficient (Wildman–Crippen LogP) is 2.79. The van der Waals surface area contributed by atoms with Crippen LogP contribution < -0.4 is 5.32 Å². The van der Waals surface area contributed by atoms with Crippen LogP contribution in [0.1, 0.15) is 25.0 Å². The van der Waals surface area contributed by atoms with Crippen LogP contribution in [-0.2, 0) is 0 Å². The van der Waals surface area contributed by atoms with Crippen molar-refractivity contribution in [3.8, 4) is 0 Å². The summed E-state index contributed by atoms with van der Waals surface area (Å²) in [6.45, 7) is 1.38. The van der Waals surface area contributed by atoms with Gasteiger partial charge in [-0.2, -0.15) is 13.2 Å². The van der Waals surface area contributed by atoms with E-state index in [1.807, 2.05) is 0 Å². The van der Waals surface area contributed by atoms with E-state index in [0.717, 1.165) is 0 Å². The smallest absolute Gasteiger partial charge is 0.387 e. The SMILES string of the molecule is CC(CC(F)(F)F)NCC(O)c1ccc(F)cc1. The summed E-state index contributed by atoms with van der Waals surface area (Å²) in [7, 11) is 0. The highest BCUT2D eigenvalue weighted by atomic mass is 19.4. The monoisotopic (exact) mass is 265 g/mol. The summed E-state index contributed by atoms with van der Waals surface area (Å²) in [6.07, 6.45) is -6.14. The molecule has 1 aromatic carbocycles. The minimum Gasteiger partial charge on any atom is -0.387 e. The summed E-state index contributed by atoms with van der Waals surface area (Å²) >= 11 is 0. The van der Waals surface area contributed by atoms with Gasteiger partial charge in [0.15, 0.2) is 0 Å². The van der Waals surface area contributed by atoms with Gasteiger partial charge >= 0.3 is 6.18 Å². The second-order valence-electron chi connectivity index (χ2n) is 4.20. The number of aliphatic hydroxyl groups is 1. The van der Waals surface area contributed by atoms with E-state index in [1.54, 1.807) is 0 Å². The minimum atomic E-state index is -4.23. The molecule has 0 amide bonds. The Labute approximate surface area is 103 Å². The Bertz CT molecular complexity index is 363. The first-order valence-corrected chi connectivity index (χ1v) is 5.51. The second-order valence-corrected chi connectivity index (χ2v) is 4.20. The molecule has 1 rings (SSSR count). The van der Waals surface area contributed by atoms with Gasteiger partial charge in [-0.3, -0.25) is 0 Å². The fourth-order valence-electron chi connectivity index (χ4n) is 1.53. The Morgan fingerprint density at radius 3 is 2.28 bits per heavy atom. The van der Waals surface area contributed by atoms with Gasteiger partial charge in [-0.05, 0) is 24.6 Å². The molecule has 0 bridgehead atoms. The van der Waals surface area contributed by atoms with E-state index < -0.39 is 30.6 Å². The Hall–Kier alpha value is -1.14. The summed E-state index contributed by atoms with van der Waals surface area (Å²) in [6, 6.07) is 4.40. The van der Waals surface area contributed by atoms with Gasteiger partial charge in [-0.25, -0.2) is 4.39 Å². The van der Waals surface area contributed by atoms with E-state index in [4.69, 9.17) is 0 Å². The molecule has 0 saturated carbocycles. The maximum absolute atomic E-state index is 12.6. The number of rotatable bonds is 5. The molecule has 0 heterocycles. The summed E-state index contributed by atoms with van der Waals surface area (Å²) in [5.41, 5.74) is 0.461. The highest BCUT2D eigenvalue weighted by Crippen LogP contribution is 2.21. The molecule has 0 fully saturated rings. The normalized spacial score (nSPS) is 15.4. The maximum Gasteiger partial charge on any atom is 0.390 e. The molecule has 0 spiro atoms. The summed E-state index contributed by atoms with van der Waals surface area (Å²) < 4.78 is 48.8. The van der Waals surface area contributed by atoms with Crippen LogP contribution in [-0.4, -0.2) is 23.9 Å². The average Bonchev–Trinajstić information content (AvgIpc) is 2.24. The van der Waals surface area contributed by atoms with Crippen molar-refractivity contribution in [2.75, 3.05) is 6.54 Å². The maximum atomic E-state index is 12.6. The van der Waals surface area contributed by atoms with E-state index >= 15 is 0 Å². The van der Waals surface area contributed by atoms with Crippen LogP contribution in [0.5, 0.6) is 0 Å². The molecular weight excluding hydrogens is 250 g/mol. The van der Waals surface area contributed by atoms with Crippen LogP contribution in [0.4, 0.5) is 17.6 Å². The highest BCUT2D eigenvalue weighted by molar-refractivity contribution is 5.18. The van der Waals surface area contributed by atoms with Gasteiger partial charge in [0.2, 0.25) is 0 Å². The van der Waals surface area contributed by atoms with Crippen molar-refractivity contribution in [1.82, 2.24) is 5.32 Å². The summed E-state index contributed by atoms with van der Waals surface area (Å²) in [5, 5.41) is 12.3. The molecule has 0 aliphatic heterocycles. The molecule has 0 aliphatic carbocycles. The lowest BCUT2D eigenvalue weighted by molar-refractivity contribution is -0.139. The lowest BCUT2D eigenvalue weighted by Gasteiger charge is -2.18. The molecule has 18 heavy (non-hydrogen) atoms. The zero-order chi connectivity index (χ0) is 13.8. The van der Waals surface area contributed by atoms with Gasteiger partial charge < -0.3 is 10.4 Å². The van der Waals surface area contributed by atoms with Gasteiger partial charge in [0, 0.05) is 12.6 Å². The first-order chi connectivity index (χ1) is 8.28. The van der Waals surface area contributed by atoms with Crippen molar-refractivity contribution < 1.29 is 22.7 Å². The van der Waals surface area contributed by atoms with E-state index in [-0.39, 0.29) is 6.54 Å². The molecule has 0 radical (unpaired) electrons. The van der Waals surface area contributed by atoms with Crippen molar-refractivity contribution in [1.29, 1.82) is 0 Å². The molecule has 0 aliphatic rings. The average molecular weight is 265 g/mol. The number of nitrogens with one attached hydrogen (secondary N) is 1. The molecule has 2 atom stereocenters. The fourth-order valence-corrected chi connectivity index (χ4v) is 1.53. The zero-order valence-electron chi connectivity index (χ0n) is 9.84. The third kappa shape index (κ3) is 5.46. The minimum absolute atomic E-state index is 0.0110. The van der Waals surface area contributed by atoms with Gasteiger partial charge in [0.25, 0.3) is 0 Å². The first-order valence-electron chi connectivity index (χ1n) is 5.51. The molecule has 6 heteroatoms. The van der Waals surface area contributed by atoms with Crippen LogP contribution in [0.3, 0.4) is 0 Å². The molecule has 2 unspecified atom stereocenters. The van der Waals surface area contributed by atoms with E-state index in [9.17, 15) is 22.7 Å². The van der Waals surface area contributed by atoms with Gasteiger partial charge in [-0.1, -0.05) is 12.1 Å². The standard InChI is InChI=1S/C12H15F4NO/c1-8(6-12(14,15)16)17-7-11(18)9-2-4-10(13)5-3-9/h2-5,8,11,17-18H,6-7H2,1H3. The van der Waals surface area contributed by atoms with Crippen LogP contribution in [0.25, 0.3) is 0 Å². The van der Waals surface area contributed by atoms with E-state index in [2.05, 4.69) is 5.32 Å². The Morgan fingerprint density at radius 2 is 1.78 bits per heavy atom. The Kier molecular flexibility index (Phi) is 5.10. The van der Waals surface area contributed by atoms with Crippen molar-refractivity contribution in [3.05, 3.63) is 35.6 Å². The number of alkyl halides is 3. The number of hydrogen-bond acceptors (Lipinski definition) is 2. The summed E-state index contributed by atoms with van der Waals surface area (Å²) in [5.74, 6) is -0.427. The molecule has 1 aromatic rings. The third-order valence-electron chi connectivity index (χ3n) is 2.45. The molecule has 0 saturated heterocycles. The van der Waals surface area contributed by atoms with Gasteiger partial charge in [-0.15, -0.1) is 0 Å². The zero-order valence-corrected chi connectivity index (χ0v) is 9.84. The summed E-state index contributed by atoms with van der Waals surface area (Å²) in [4.78, 5) is 0. The lowest BCUT2D eigenvalue weighted by atomic mass is 10.1. The van der Waals surface area contributed by atoms with Crippen molar-refractivity contribution in [2.24, 2.45) is 0 Å². The van der Waals surface area contributed by atoms with Crippen molar-refractivity contribution >= 4 is 0 Å². The third-order valence-corrected chi connectivity index (χ3v) is 2.45. The van der Waals surface area contributed by atoms with Crippen molar-refractivity contribution in [3.63, 3.8) is 0 Å². The van der Waals surface area contributed by atoms with Crippen LogP contribution in [0, 0.1) is 5.82 Å². The first kappa shape index (κ1) is 14.9. The quantitative estimate of drug-likeness (QED) is 0.802. The van der Waals surface area contributed by atoms with Crippen LogP contribution >= 0.6 is 0 Å². The number of halogens is 4. The van der Waals surface area contributed by atoms with Gasteiger partial charge in [0.05, 0.1) is 12.5 Å². The molecule has 102 valence electrons. The van der Waals surface area contributed by atoms with Gasteiger partial charge in [0.1, 0.15) is 5.82 Å². The largest absolute Gasteiger partial charge is 0.390 e. The van der Waals surface area contributed by atoms with E-state index in [0.29, 0.717) is 5.56 Å². The van der Waals surface area contributed by atoms with E-state index in [1.165, 1.54) is 31.2 Å². The lowest BCUT2D eigenvalue weighted by Crippen LogP contribution is -2.34. The number of aliphatic hydroxyl groups excluding tert-OH is 1. The Balaban J connectivity index is 2.41. The van der Waals surface area contributed by atoms with Crippen LogP contribution in [0.15, 0.2) is 24.3 Å². The molecular formula is C12H15F4NO. The number of benzene rings is 1. The second kappa shape index (κ2) is 6.15. The van der Waals surface area contributed by atoms with Crippen molar-refractivity contribution in [2.45, 2.75) is 31.7 Å². The molecule has 0 aromatic heterocycles. The fraction of sp³-hybridized carbons (Fsp3) is 0.500. The topological polar surface area (TPSA) is 32.3 Å².